The van der Waals surface area contributed by atoms with Crippen molar-refractivity contribution in [3.8, 4) is 0 Å². The predicted octanol–water partition coefficient (Wildman–Crippen LogP) is 3.86. The molecule has 0 aromatic carbocycles. The summed E-state index contributed by atoms with van der Waals surface area (Å²) in [5.41, 5.74) is 1.16. The summed E-state index contributed by atoms with van der Waals surface area (Å²) >= 11 is 1.80. The molecule has 26 heavy (non-hydrogen) atoms. The zero-order chi connectivity index (χ0) is 18.1. The largest absolute Gasteiger partial charge is 0.357 e. The topological polar surface area (TPSA) is 43.8 Å². The van der Waals surface area contributed by atoms with E-state index < -0.39 is 0 Å². The first-order chi connectivity index (χ1) is 12.2. The van der Waals surface area contributed by atoms with Gasteiger partial charge in [-0.3, -0.25) is 4.99 Å². The Morgan fingerprint density at radius 1 is 1.23 bits per heavy atom. The molecular formula is C19H30IN5S. The molecule has 0 fully saturated rings. The number of pyridine rings is 1. The van der Waals surface area contributed by atoms with Crippen molar-refractivity contribution in [2.45, 2.75) is 26.8 Å². The molecule has 0 unspecified atom stereocenters. The SMILES string of the molecule is CCN(CC)c1ccc(CNC(=NC)N(C)CCc2cccs2)cn1.I. The molecule has 0 saturated heterocycles. The van der Waals surface area contributed by atoms with E-state index in [4.69, 9.17) is 0 Å². The van der Waals surface area contributed by atoms with Gasteiger partial charge in [-0.15, -0.1) is 35.3 Å². The molecule has 2 rings (SSSR count). The molecule has 0 bridgehead atoms. The molecule has 0 radical (unpaired) electrons. The Bertz CT molecular complexity index is 638. The van der Waals surface area contributed by atoms with Gasteiger partial charge in [-0.25, -0.2) is 4.98 Å². The van der Waals surface area contributed by atoms with Crippen LogP contribution in [0.1, 0.15) is 24.3 Å². The van der Waals surface area contributed by atoms with Crippen LogP contribution in [-0.2, 0) is 13.0 Å². The van der Waals surface area contributed by atoms with Crippen LogP contribution in [0.3, 0.4) is 0 Å². The molecule has 0 spiro atoms. The Labute approximate surface area is 178 Å². The lowest BCUT2D eigenvalue weighted by molar-refractivity contribution is 0.486. The van der Waals surface area contributed by atoms with Crippen LogP contribution in [0, 0.1) is 0 Å². The van der Waals surface area contributed by atoms with Crippen LogP contribution in [0.2, 0.25) is 0 Å². The number of guanidine groups is 1. The number of nitrogens with one attached hydrogen (secondary N) is 1. The Hall–Kier alpha value is -1.35. The van der Waals surface area contributed by atoms with E-state index in [2.05, 4.69) is 75.6 Å². The standard InChI is InChI=1S/C19H29N5S.HI/c1-5-24(6-2)18-10-9-16(14-21-18)15-22-19(20-3)23(4)12-11-17-8-7-13-25-17;/h7-10,13-14H,5-6,11-12,15H2,1-4H3,(H,20,22);1H. The van der Waals surface area contributed by atoms with Crippen molar-refractivity contribution in [2.24, 2.45) is 4.99 Å². The molecule has 0 aliphatic rings. The van der Waals surface area contributed by atoms with Gasteiger partial charge in [0, 0.05) is 51.3 Å². The number of hydrogen-bond donors (Lipinski definition) is 1. The van der Waals surface area contributed by atoms with Crippen LogP contribution in [0.5, 0.6) is 0 Å². The highest BCUT2D eigenvalue weighted by Gasteiger charge is 2.07. The monoisotopic (exact) mass is 487 g/mol. The minimum absolute atomic E-state index is 0. The summed E-state index contributed by atoms with van der Waals surface area (Å²) in [5.74, 6) is 1.94. The van der Waals surface area contributed by atoms with Gasteiger partial charge < -0.3 is 15.1 Å². The molecule has 0 atom stereocenters. The Morgan fingerprint density at radius 2 is 2.00 bits per heavy atom. The molecule has 0 aliphatic heterocycles. The van der Waals surface area contributed by atoms with Crippen molar-refractivity contribution < 1.29 is 0 Å². The first-order valence-electron chi connectivity index (χ1n) is 8.82. The van der Waals surface area contributed by atoms with Gasteiger partial charge in [0.05, 0.1) is 0 Å². The molecular weight excluding hydrogens is 457 g/mol. The van der Waals surface area contributed by atoms with Crippen LogP contribution in [0.15, 0.2) is 40.8 Å². The van der Waals surface area contributed by atoms with Crippen LogP contribution in [0.25, 0.3) is 0 Å². The zero-order valence-electron chi connectivity index (χ0n) is 16.1. The van der Waals surface area contributed by atoms with Crippen molar-refractivity contribution in [2.75, 3.05) is 38.6 Å². The molecule has 7 heteroatoms. The summed E-state index contributed by atoms with van der Waals surface area (Å²) in [6, 6.07) is 8.50. The molecule has 2 heterocycles. The summed E-state index contributed by atoms with van der Waals surface area (Å²) in [4.78, 5) is 14.8. The molecule has 0 amide bonds. The Morgan fingerprint density at radius 3 is 2.54 bits per heavy atom. The maximum atomic E-state index is 4.57. The zero-order valence-corrected chi connectivity index (χ0v) is 19.3. The summed E-state index contributed by atoms with van der Waals surface area (Å²) in [7, 11) is 3.90. The third kappa shape index (κ3) is 6.75. The summed E-state index contributed by atoms with van der Waals surface area (Å²) in [6.07, 6.45) is 2.98. The minimum atomic E-state index is 0. The maximum Gasteiger partial charge on any atom is 0.193 e. The van der Waals surface area contributed by atoms with Crippen LogP contribution < -0.4 is 10.2 Å². The second kappa shape index (κ2) is 12.1. The third-order valence-corrected chi connectivity index (χ3v) is 5.13. The fourth-order valence-corrected chi connectivity index (χ4v) is 3.36. The third-order valence-electron chi connectivity index (χ3n) is 4.19. The summed E-state index contributed by atoms with van der Waals surface area (Å²) < 4.78 is 0. The second-order valence-electron chi connectivity index (χ2n) is 5.85. The summed E-state index contributed by atoms with van der Waals surface area (Å²) in [5, 5.41) is 5.54. The average Bonchev–Trinajstić information content (AvgIpc) is 3.16. The van der Waals surface area contributed by atoms with Gasteiger partial charge >= 0.3 is 0 Å². The van der Waals surface area contributed by atoms with Crippen LogP contribution in [-0.4, -0.2) is 49.6 Å². The number of likely N-dealkylation sites (N-methyl/N-ethyl adjacent to an activating group) is 1. The van der Waals surface area contributed by atoms with Gasteiger partial charge in [0.15, 0.2) is 5.96 Å². The lowest BCUT2D eigenvalue weighted by atomic mass is 10.2. The highest BCUT2D eigenvalue weighted by molar-refractivity contribution is 14.0. The quantitative estimate of drug-likeness (QED) is 0.349. The number of hydrogen-bond acceptors (Lipinski definition) is 4. The van der Waals surface area contributed by atoms with E-state index in [0.29, 0.717) is 0 Å². The van der Waals surface area contributed by atoms with Crippen molar-refractivity contribution in [3.05, 3.63) is 46.3 Å². The maximum absolute atomic E-state index is 4.57. The number of thiophene rings is 1. The van der Waals surface area contributed by atoms with E-state index >= 15 is 0 Å². The highest BCUT2D eigenvalue weighted by atomic mass is 127. The van der Waals surface area contributed by atoms with Crippen LogP contribution in [0.4, 0.5) is 5.82 Å². The van der Waals surface area contributed by atoms with E-state index in [-0.39, 0.29) is 24.0 Å². The highest BCUT2D eigenvalue weighted by Crippen LogP contribution is 2.11. The fourth-order valence-electron chi connectivity index (χ4n) is 2.66. The second-order valence-corrected chi connectivity index (χ2v) is 6.88. The number of nitrogens with zero attached hydrogens (tertiary/aromatic N) is 4. The predicted molar refractivity (Wildman–Crippen MR) is 124 cm³/mol. The molecule has 2 aromatic heterocycles. The lowest BCUT2D eigenvalue weighted by Gasteiger charge is -2.22. The number of halogens is 1. The van der Waals surface area contributed by atoms with Gasteiger partial charge in [-0.05, 0) is 43.3 Å². The average molecular weight is 487 g/mol. The van der Waals surface area contributed by atoms with E-state index in [0.717, 1.165) is 49.9 Å². The Balaban J connectivity index is 0.00000338. The van der Waals surface area contributed by atoms with Crippen LogP contribution >= 0.6 is 35.3 Å². The van der Waals surface area contributed by atoms with Crippen molar-refractivity contribution in [3.63, 3.8) is 0 Å². The van der Waals surface area contributed by atoms with Gasteiger partial charge in [-0.1, -0.05) is 12.1 Å². The number of aromatic nitrogens is 1. The van der Waals surface area contributed by atoms with Gasteiger partial charge in [0.25, 0.3) is 0 Å². The molecule has 0 aliphatic carbocycles. The first-order valence-corrected chi connectivity index (χ1v) is 9.69. The van der Waals surface area contributed by atoms with Crippen molar-refractivity contribution in [1.29, 1.82) is 0 Å². The van der Waals surface area contributed by atoms with E-state index in [1.165, 1.54) is 4.88 Å². The molecule has 144 valence electrons. The first kappa shape index (κ1) is 22.7. The van der Waals surface area contributed by atoms with E-state index in [9.17, 15) is 0 Å². The summed E-state index contributed by atoms with van der Waals surface area (Å²) in [6.45, 7) is 7.92. The van der Waals surface area contributed by atoms with Gasteiger partial charge in [0.1, 0.15) is 5.82 Å². The molecule has 0 saturated carbocycles. The van der Waals surface area contributed by atoms with Crippen molar-refractivity contribution in [1.82, 2.24) is 15.2 Å². The fraction of sp³-hybridized carbons (Fsp3) is 0.474. The van der Waals surface area contributed by atoms with E-state index in [1.54, 1.807) is 11.3 Å². The minimum Gasteiger partial charge on any atom is -0.357 e. The number of aliphatic imine (C=N–C) groups is 1. The van der Waals surface area contributed by atoms with Gasteiger partial charge in [0.2, 0.25) is 0 Å². The van der Waals surface area contributed by atoms with Crippen molar-refractivity contribution >= 4 is 47.1 Å². The number of anilines is 1. The molecule has 5 nitrogen and oxygen atoms in total. The Kier molecular flexibility index (Phi) is 10.6. The lowest BCUT2D eigenvalue weighted by Crippen LogP contribution is -2.39. The number of rotatable bonds is 8. The smallest absolute Gasteiger partial charge is 0.193 e. The van der Waals surface area contributed by atoms with Gasteiger partial charge in [-0.2, -0.15) is 0 Å². The molecule has 2 aromatic rings. The normalized spacial score (nSPS) is 11.0. The van der Waals surface area contributed by atoms with E-state index in [1.807, 2.05) is 13.2 Å². The molecule has 1 N–H and O–H groups in total.